The fraction of sp³-hybridized carbons (Fsp3) is 0.0139. The number of hydrogen-bond acceptors (Lipinski definition) is 5. The summed E-state index contributed by atoms with van der Waals surface area (Å²) < 4.78 is 2.36. The molecule has 0 bridgehead atoms. The summed E-state index contributed by atoms with van der Waals surface area (Å²) in [5.74, 6) is 0. The van der Waals surface area contributed by atoms with E-state index < -0.39 is 5.41 Å². The summed E-state index contributed by atoms with van der Waals surface area (Å²) in [6.07, 6.45) is 0. The minimum atomic E-state index is -0.621. The van der Waals surface area contributed by atoms with Crippen LogP contribution < -0.4 is 14.7 Å². The second-order valence-electron chi connectivity index (χ2n) is 19.9. The molecule has 4 nitrogen and oxygen atoms in total. The topological polar surface area (TPSA) is 33.5 Å². The van der Waals surface area contributed by atoms with Crippen LogP contribution in [0.5, 0.6) is 0 Å². The third kappa shape index (κ3) is 6.90. The van der Waals surface area contributed by atoms with Crippen molar-refractivity contribution in [2.75, 3.05) is 14.7 Å². The summed E-state index contributed by atoms with van der Waals surface area (Å²) in [5, 5.41) is 14.6. The van der Waals surface area contributed by atoms with E-state index in [1.54, 1.807) is 0 Å². The zero-order valence-corrected chi connectivity index (χ0v) is 42.6. The van der Waals surface area contributed by atoms with Gasteiger partial charge in [-0.3, -0.25) is 0 Å². The summed E-state index contributed by atoms with van der Waals surface area (Å²) >= 11 is 1.83. The molecule has 77 heavy (non-hydrogen) atoms. The van der Waals surface area contributed by atoms with Gasteiger partial charge in [0.1, 0.15) is 0 Å². The fourth-order valence-electron chi connectivity index (χ4n) is 12.6. The van der Waals surface area contributed by atoms with Gasteiger partial charge in [0.05, 0.1) is 38.8 Å². The fourth-order valence-corrected chi connectivity index (χ4v) is 13.8. The number of para-hydroxylation sites is 3. The molecule has 1 aliphatic heterocycles. The minimum absolute atomic E-state index is 0.621. The molecule has 0 fully saturated rings. The number of benzene rings is 12. The predicted molar refractivity (Wildman–Crippen MR) is 322 cm³/mol. The van der Waals surface area contributed by atoms with Gasteiger partial charge in [0, 0.05) is 49.6 Å². The van der Waals surface area contributed by atoms with E-state index in [0.717, 1.165) is 45.5 Å². The monoisotopic (exact) mass is 998 g/mol. The maximum absolute atomic E-state index is 9.79. The van der Waals surface area contributed by atoms with E-state index in [9.17, 15) is 5.26 Å². The number of anilines is 9. The van der Waals surface area contributed by atoms with Crippen molar-refractivity contribution < 1.29 is 0 Å². The van der Waals surface area contributed by atoms with E-state index in [1.165, 1.54) is 81.1 Å². The number of thiophene rings is 1. The third-order valence-electron chi connectivity index (χ3n) is 15.8. The van der Waals surface area contributed by atoms with Gasteiger partial charge in [-0.1, -0.05) is 176 Å². The molecule has 1 aromatic heterocycles. The van der Waals surface area contributed by atoms with Crippen LogP contribution in [0.3, 0.4) is 0 Å². The van der Waals surface area contributed by atoms with Crippen molar-refractivity contribution in [1.29, 1.82) is 5.26 Å². The largest absolute Gasteiger partial charge is 0.310 e. The maximum Gasteiger partial charge on any atom is 0.0991 e. The van der Waals surface area contributed by atoms with Crippen LogP contribution in [0.2, 0.25) is 0 Å². The normalized spacial score (nSPS) is 12.7. The second kappa shape index (κ2) is 17.9. The first-order chi connectivity index (χ1) is 38.2. The standard InChI is InChI=1S/C72H46N4S/c73-47-48-32-35-54(36-33-48)75(53-24-8-3-9-25-53)68-43-41-58(50-19-4-1-5-20-50)70-61-40-38-57(46-69(61)77-71(68)70)74(52-22-6-2-7-23-52)56-39-42-67-65(45-56)72(62-28-14-12-26-59(62)60-27-13-15-29-63(60)72)64-30-16-17-31-66(64)76(67)55-37-34-49-18-10-11-21-51(49)44-55/h1-46H. The summed E-state index contributed by atoms with van der Waals surface area (Å²) in [6.45, 7) is 0. The van der Waals surface area contributed by atoms with Crippen molar-refractivity contribution in [3.63, 3.8) is 0 Å². The first-order valence-corrected chi connectivity index (χ1v) is 26.9. The highest BCUT2D eigenvalue weighted by Gasteiger charge is 2.52. The summed E-state index contributed by atoms with van der Waals surface area (Å²) in [7, 11) is 0. The number of rotatable bonds is 8. The van der Waals surface area contributed by atoms with E-state index in [4.69, 9.17) is 0 Å². The van der Waals surface area contributed by atoms with Crippen molar-refractivity contribution in [1.82, 2.24) is 0 Å². The van der Waals surface area contributed by atoms with Gasteiger partial charge in [-0.25, -0.2) is 0 Å². The Hall–Kier alpha value is -9.99. The molecule has 0 radical (unpaired) electrons. The van der Waals surface area contributed by atoms with Gasteiger partial charge in [-0.05, 0) is 158 Å². The molecule has 0 saturated heterocycles. The Morgan fingerprint density at radius 2 is 0.948 bits per heavy atom. The molecule has 1 spiro atoms. The smallest absolute Gasteiger partial charge is 0.0991 e. The lowest BCUT2D eigenvalue weighted by molar-refractivity contribution is 0.752. The SMILES string of the molecule is N#Cc1ccc(N(c2ccccc2)c2ccc(-c3ccccc3)c3c2sc2cc(N(c4ccccc4)c4ccc5c(c4)C4(c6ccccc6-c6ccccc64)c4ccccc4N5c4ccc5ccccc5c4)ccc23)cc1. The maximum atomic E-state index is 9.79. The number of hydrogen-bond donors (Lipinski definition) is 0. The van der Waals surface area contributed by atoms with E-state index in [2.05, 4.69) is 288 Å². The highest BCUT2D eigenvalue weighted by molar-refractivity contribution is 7.26. The quantitative estimate of drug-likeness (QED) is 0.152. The molecular formula is C72H46N4S. The van der Waals surface area contributed by atoms with Crippen LogP contribution in [0.25, 0.3) is 53.2 Å². The minimum Gasteiger partial charge on any atom is -0.310 e. The Balaban J connectivity index is 0.976. The van der Waals surface area contributed by atoms with Crippen LogP contribution in [0.15, 0.2) is 279 Å². The van der Waals surface area contributed by atoms with E-state index in [-0.39, 0.29) is 0 Å². The average Bonchev–Trinajstić information content (AvgIpc) is 4.28. The molecule has 0 saturated carbocycles. The molecule has 1 aliphatic carbocycles. The van der Waals surface area contributed by atoms with Crippen LogP contribution in [0.1, 0.15) is 27.8 Å². The summed E-state index contributed by atoms with van der Waals surface area (Å²) in [5.41, 5.74) is 19.7. The summed E-state index contributed by atoms with van der Waals surface area (Å²) in [4.78, 5) is 7.26. The molecule has 0 amide bonds. The lowest BCUT2D eigenvalue weighted by atomic mass is 9.64. The number of fused-ring (bicyclic) bond motifs is 13. The van der Waals surface area contributed by atoms with Crippen molar-refractivity contribution in [3.8, 4) is 28.3 Å². The third-order valence-corrected chi connectivity index (χ3v) is 17.0. The molecule has 15 rings (SSSR count). The van der Waals surface area contributed by atoms with E-state index in [0.29, 0.717) is 5.56 Å². The van der Waals surface area contributed by atoms with Crippen LogP contribution in [-0.4, -0.2) is 0 Å². The first-order valence-electron chi connectivity index (χ1n) is 26.1. The Labute approximate surface area is 451 Å². The average molecular weight is 999 g/mol. The van der Waals surface area contributed by atoms with E-state index >= 15 is 0 Å². The Morgan fingerprint density at radius 3 is 1.66 bits per heavy atom. The van der Waals surface area contributed by atoms with Crippen molar-refractivity contribution in [3.05, 3.63) is 307 Å². The molecule has 360 valence electrons. The van der Waals surface area contributed by atoms with Crippen molar-refractivity contribution in [2.45, 2.75) is 5.41 Å². The second-order valence-corrected chi connectivity index (χ2v) is 21.0. The predicted octanol–water partition coefficient (Wildman–Crippen LogP) is 19.8. The zero-order chi connectivity index (χ0) is 51.0. The van der Waals surface area contributed by atoms with Gasteiger partial charge in [0.15, 0.2) is 0 Å². The number of nitriles is 1. The van der Waals surface area contributed by atoms with Gasteiger partial charge < -0.3 is 14.7 Å². The van der Waals surface area contributed by atoms with Gasteiger partial charge in [0.2, 0.25) is 0 Å². The Bertz CT molecular complexity index is 4440. The summed E-state index contributed by atoms with van der Waals surface area (Å²) in [6, 6.07) is 104. The highest BCUT2D eigenvalue weighted by atomic mass is 32.1. The van der Waals surface area contributed by atoms with Crippen LogP contribution in [0.4, 0.5) is 51.2 Å². The van der Waals surface area contributed by atoms with Gasteiger partial charge in [-0.15, -0.1) is 11.3 Å². The van der Waals surface area contributed by atoms with Crippen molar-refractivity contribution in [2.24, 2.45) is 0 Å². The molecule has 0 N–H and O–H groups in total. The van der Waals surface area contributed by atoms with Crippen LogP contribution >= 0.6 is 11.3 Å². The van der Waals surface area contributed by atoms with Gasteiger partial charge >= 0.3 is 0 Å². The molecule has 2 heterocycles. The number of nitrogens with zero attached hydrogens (tertiary/aromatic N) is 4. The van der Waals surface area contributed by atoms with Gasteiger partial charge in [-0.2, -0.15) is 5.26 Å². The highest BCUT2D eigenvalue weighted by Crippen LogP contribution is 2.64. The van der Waals surface area contributed by atoms with Gasteiger partial charge in [0.25, 0.3) is 0 Å². The lowest BCUT2D eigenvalue weighted by Crippen LogP contribution is -2.36. The molecule has 5 heteroatoms. The lowest BCUT2D eigenvalue weighted by Gasteiger charge is -2.45. The molecule has 13 aromatic rings. The van der Waals surface area contributed by atoms with E-state index in [1.807, 2.05) is 23.5 Å². The Kier molecular flexibility index (Phi) is 10.3. The molecular weight excluding hydrogens is 953 g/mol. The molecule has 0 unspecified atom stereocenters. The molecule has 12 aromatic carbocycles. The Morgan fingerprint density at radius 1 is 0.390 bits per heavy atom. The molecule has 2 aliphatic rings. The zero-order valence-electron chi connectivity index (χ0n) is 41.8. The van der Waals surface area contributed by atoms with Crippen LogP contribution in [0, 0.1) is 11.3 Å². The first kappa shape index (κ1) is 44.5. The van der Waals surface area contributed by atoms with Crippen molar-refractivity contribution >= 4 is 93.5 Å². The van der Waals surface area contributed by atoms with Crippen LogP contribution in [-0.2, 0) is 5.41 Å². The molecule has 0 atom stereocenters.